The highest BCUT2D eigenvalue weighted by Crippen LogP contribution is 2.25. The number of aromatic nitrogens is 4. The quantitative estimate of drug-likeness (QED) is 0.560. The van der Waals surface area contributed by atoms with Crippen molar-refractivity contribution in [2.24, 2.45) is 0 Å². The van der Waals surface area contributed by atoms with Gasteiger partial charge in [0.25, 0.3) is 12.9 Å². The maximum atomic E-state index is 13.1. The minimum Gasteiger partial charge on any atom is -0.322 e. The lowest BCUT2D eigenvalue weighted by Gasteiger charge is -2.07. The molecule has 1 N–H and O–H groups in total. The van der Waals surface area contributed by atoms with Gasteiger partial charge in [-0.3, -0.25) is 14.2 Å². The summed E-state index contributed by atoms with van der Waals surface area (Å²) >= 11 is 5.95. The molecule has 0 bridgehead atoms. The van der Waals surface area contributed by atoms with Crippen LogP contribution in [0.15, 0.2) is 36.7 Å². The van der Waals surface area contributed by atoms with Crippen molar-refractivity contribution in [3.8, 4) is 0 Å². The first kappa shape index (κ1) is 20.8. The van der Waals surface area contributed by atoms with E-state index in [4.69, 9.17) is 11.6 Å². The molecule has 0 unspecified atom stereocenters. The summed E-state index contributed by atoms with van der Waals surface area (Å²) in [5, 5.41) is 9.99. The Morgan fingerprint density at radius 3 is 2.59 bits per heavy atom. The SMILES string of the molecule is O=C(Cn1nc(C(F)F)cc1C(F)F)Nc1cnn(Cc2ccc(F)cc2Cl)c1. The molecule has 0 spiro atoms. The van der Waals surface area contributed by atoms with Crippen LogP contribution in [0.5, 0.6) is 0 Å². The molecular weight excluding hydrogens is 421 g/mol. The molecule has 2 aromatic heterocycles. The molecule has 1 amide bonds. The van der Waals surface area contributed by atoms with Crippen LogP contribution in [0.1, 0.15) is 29.8 Å². The van der Waals surface area contributed by atoms with Crippen LogP contribution in [0.25, 0.3) is 0 Å². The highest BCUT2D eigenvalue weighted by molar-refractivity contribution is 6.31. The first-order chi connectivity index (χ1) is 13.7. The van der Waals surface area contributed by atoms with E-state index in [1.807, 2.05) is 0 Å². The van der Waals surface area contributed by atoms with Crippen LogP contribution in [0.3, 0.4) is 0 Å². The van der Waals surface area contributed by atoms with E-state index in [1.54, 1.807) is 0 Å². The van der Waals surface area contributed by atoms with Crippen LogP contribution in [0, 0.1) is 5.82 Å². The molecule has 3 aromatic rings. The number of carbonyl (C=O) groups is 1. The maximum Gasteiger partial charge on any atom is 0.282 e. The number of halogens is 6. The summed E-state index contributed by atoms with van der Waals surface area (Å²) in [6, 6.07) is 4.45. The highest BCUT2D eigenvalue weighted by atomic mass is 35.5. The Balaban J connectivity index is 1.66. The first-order valence-corrected chi connectivity index (χ1v) is 8.51. The topological polar surface area (TPSA) is 64.7 Å². The fraction of sp³-hybridized carbons (Fsp3) is 0.235. The van der Waals surface area contributed by atoms with Crippen LogP contribution in [-0.4, -0.2) is 25.5 Å². The number of hydrogen-bond acceptors (Lipinski definition) is 3. The maximum absolute atomic E-state index is 13.1. The average molecular weight is 434 g/mol. The van der Waals surface area contributed by atoms with Crippen molar-refractivity contribution in [1.29, 1.82) is 0 Å². The molecule has 1 aromatic carbocycles. The van der Waals surface area contributed by atoms with Gasteiger partial charge in [-0.1, -0.05) is 17.7 Å². The molecule has 0 atom stereocenters. The van der Waals surface area contributed by atoms with Crippen molar-refractivity contribution < 1.29 is 26.7 Å². The van der Waals surface area contributed by atoms with E-state index in [1.165, 1.54) is 29.2 Å². The van der Waals surface area contributed by atoms with Gasteiger partial charge in [-0.2, -0.15) is 10.2 Å². The second-order valence-corrected chi connectivity index (χ2v) is 6.37. The smallest absolute Gasteiger partial charge is 0.282 e. The zero-order valence-electron chi connectivity index (χ0n) is 14.5. The monoisotopic (exact) mass is 433 g/mol. The number of benzene rings is 1. The lowest BCUT2D eigenvalue weighted by molar-refractivity contribution is -0.117. The largest absolute Gasteiger partial charge is 0.322 e. The van der Waals surface area contributed by atoms with Gasteiger partial charge in [0.05, 0.1) is 18.4 Å². The van der Waals surface area contributed by atoms with E-state index in [2.05, 4.69) is 15.5 Å². The zero-order valence-corrected chi connectivity index (χ0v) is 15.3. The van der Waals surface area contributed by atoms with Gasteiger partial charge in [-0.15, -0.1) is 0 Å². The van der Waals surface area contributed by atoms with Crippen molar-refractivity contribution in [1.82, 2.24) is 19.6 Å². The molecule has 0 saturated heterocycles. The summed E-state index contributed by atoms with van der Waals surface area (Å²) in [5.41, 5.74) is -0.783. The van der Waals surface area contributed by atoms with Crippen LogP contribution >= 0.6 is 11.6 Å². The third-order valence-electron chi connectivity index (χ3n) is 3.83. The predicted octanol–water partition coefficient (Wildman–Crippen LogP) is 4.43. The third-order valence-corrected chi connectivity index (χ3v) is 4.19. The number of rotatable bonds is 7. The van der Waals surface area contributed by atoms with Gasteiger partial charge < -0.3 is 5.32 Å². The fourth-order valence-electron chi connectivity index (χ4n) is 2.54. The van der Waals surface area contributed by atoms with Crippen molar-refractivity contribution in [2.75, 3.05) is 5.32 Å². The first-order valence-electron chi connectivity index (χ1n) is 8.13. The standard InChI is InChI=1S/C17H13ClF5N5O/c18-12-3-10(19)2-1-9(12)6-27-7-11(5-24-27)25-15(29)8-28-14(17(22)23)4-13(26-28)16(20)21/h1-5,7,16-17H,6,8H2,(H,25,29). The van der Waals surface area contributed by atoms with Crippen LogP contribution in [-0.2, 0) is 17.9 Å². The summed E-state index contributed by atoms with van der Waals surface area (Å²) in [4.78, 5) is 12.1. The van der Waals surface area contributed by atoms with Crippen molar-refractivity contribution in [3.63, 3.8) is 0 Å². The Morgan fingerprint density at radius 2 is 1.93 bits per heavy atom. The number of alkyl halides is 4. The number of amides is 1. The lowest BCUT2D eigenvalue weighted by atomic mass is 10.2. The molecular formula is C17H13ClF5N5O. The number of nitrogens with zero attached hydrogens (tertiary/aromatic N) is 4. The molecule has 0 aliphatic carbocycles. The van der Waals surface area contributed by atoms with E-state index in [0.29, 0.717) is 16.3 Å². The van der Waals surface area contributed by atoms with E-state index in [9.17, 15) is 26.7 Å². The molecule has 0 fully saturated rings. The number of anilines is 1. The van der Waals surface area contributed by atoms with Gasteiger partial charge in [0.2, 0.25) is 5.91 Å². The molecule has 154 valence electrons. The Kier molecular flexibility index (Phi) is 6.16. The second kappa shape index (κ2) is 8.60. The minimum atomic E-state index is -3.06. The molecule has 0 saturated carbocycles. The van der Waals surface area contributed by atoms with E-state index < -0.39 is 42.5 Å². The number of hydrogen-bond donors (Lipinski definition) is 1. The van der Waals surface area contributed by atoms with Gasteiger partial charge in [-0.05, 0) is 23.8 Å². The van der Waals surface area contributed by atoms with Crippen LogP contribution in [0.4, 0.5) is 27.6 Å². The van der Waals surface area contributed by atoms with E-state index in [0.717, 1.165) is 6.07 Å². The number of nitrogens with one attached hydrogen (secondary N) is 1. The average Bonchev–Trinajstić information content (AvgIpc) is 3.24. The van der Waals surface area contributed by atoms with E-state index >= 15 is 0 Å². The van der Waals surface area contributed by atoms with Gasteiger partial charge in [-0.25, -0.2) is 22.0 Å². The molecule has 12 heteroatoms. The molecule has 0 radical (unpaired) electrons. The van der Waals surface area contributed by atoms with Crippen molar-refractivity contribution in [2.45, 2.75) is 25.9 Å². The van der Waals surface area contributed by atoms with E-state index in [-0.39, 0.29) is 17.3 Å². The van der Waals surface area contributed by atoms with Crippen LogP contribution < -0.4 is 5.32 Å². The van der Waals surface area contributed by atoms with Gasteiger partial charge in [0.15, 0.2) is 0 Å². The Morgan fingerprint density at radius 1 is 1.17 bits per heavy atom. The summed E-state index contributed by atoms with van der Waals surface area (Å²) in [5.74, 6) is -1.24. The summed E-state index contributed by atoms with van der Waals surface area (Å²) in [6.45, 7) is -0.483. The molecule has 6 nitrogen and oxygen atoms in total. The van der Waals surface area contributed by atoms with Gasteiger partial charge >= 0.3 is 0 Å². The Hall–Kier alpha value is -2.95. The summed E-state index contributed by atoms with van der Waals surface area (Å²) in [7, 11) is 0. The Bertz CT molecular complexity index is 1020. The van der Waals surface area contributed by atoms with Crippen molar-refractivity contribution in [3.05, 3.63) is 64.5 Å². The molecule has 3 rings (SSSR count). The van der Waals surface area contributed by atoms with Crippen molar-refractivity contribution >= 4 is 23.2 Å². The highest BCUT2D eigenvalue weighted by Gasteiger charge is 2.22. The minimum absolute atomic E-state index is 0.196. The Labute approximate surface area is 165 Å². The summed E-state index contributed by atoms with van der Waals surface area (Å²) < 4.78 is 66.3. The zero-order chi connectivity index (χ0) is 21.1. The fourth-order valence-corrected chi connectivity index (χ4v) is 2.76. The molecule has 29 heavy (non-hydrogen) atoms. The third kappa shape index (κ3) is 5.11. The summed E-state index contributed by atoms with van der Waals surface area (Å²) in [6.07, 6.45) is -3.35. The lowest BCUT2D eigenvalue weighted by Crippen LogP contribution is -2.21. The van der Waals surface area contributed by atoms with Crippen LogP contribution in [0.2, 0.25) is 5.02 Å². The second-order valence-electron chi connectivity index (χ2n) is 5.96. The molecule has 2 heterocycles. The van der Waals surface area contributed by atoms with Gasteiger partial charge in [0, 0.05) is 11.2 Å². The number of carbonyl (C=O) groups excluding carboxylic acids is 1. The molecule has 0 aliphatic rings. The van der Waals surface area contributed by atoms with Gasteiger partial charge in [0.1, 0.15) is 23.7 Å². The normalized spacial score (nSPS) is 11.4. The molecule has 0 aliphatic heterocycles. The predicted molar refractivity (Wildman–Crippen MR) is 93.5 cm³/mol.